The number of amides is 1. The molecule has 0 saturated carbocycles. The highest BCUT2D eigenvalue weighted by atomic mass is 16.5. The predicted octanol–water partition coefficient (Wildman–Crippen LogP) is 3.88. The second-order valence-corrected chi connectivity index (χ2v) is 9.75. The summed E-state index contributed by atoms with van der Waals surface area (Å²) >= 11 is 0. The highest BCUT2D eigenvalue weighted by Gasteiger charge is 2.38. The van der Waals surface area contributed by atoms with Gasteiger partial charge in [-0.3, -0.25) is 19.9 Å². The van der Waals surface area contributed by atoms with Crippen LogP contribution in [0.15, 0.2) is 90.0 Å². The molecule has 0 aliphatic carbocycles. The van der Waals surface area contributed by atoms with Crippen LogP contribution in [0.3, 0.4) is 0 Å². The molecule has 10 nitrogen and oxygen atoms in total. The van der Waals surface area contributed by atoms with Gasteiger partial charge >= 0.3 is 0 Å². The first-order chi connectivity index (χ1) is 19.8. The molecule has 210 valence electrons. The lowest BCUT2D eigenvalue weighted by Crippen LogP contribution is -2.35. The molecule has 1 atom stereocenters. The molecule has 0 aliphatic rings. The molecule has 5 aromatic rings. The van der Waals surface area contributed by atoms with Gasteiger partial charge < -0.3 is 19.1 Å². The minimum Gasteiger partial charge on any atom is -0.497 e. The summed E-state index contributed by atoms with van der Waals surface area (Å²) in [6.07, 6.45) is 0.859. The third-order valence-corrected chi connectivity index (χ3v) is 7.15. The Labute approximate surface area is 236 Å². The van der Waals surface area contributed by atoms with Crippen molar-refractivity contribution in [2.45, 2.75) is 31.4 Å². The second kappa shape index (κ2) is 11.6. The van der Waals surface area contributed by atoms with E-state index >= 15 is 0 Å². The fourth-order valence-electron chi connectivity index (χ4n) is 5.29. The number of hydrogen-bond donors (Lipinski definition) is 3. The Hall–Kier alpha value is -4.96. The number of aromatic nitrogens is 4. The highest BCUT2D eigenvalue weighted by molar-refractivity contribution is 5.87. The summed E-state index contributed by atoms with van der Waals surface area (Å²) in [5.41, 5.74) is 2.05. The molecule has 0 fully saturated rings. The molecule has 0 spiro atoms. The van der Waals surface area contributed by atoms with Gasteiger partial charge in [0.05, 0.1) is 33.2 Å². The second-order valence-electron chi connectivity index (χ2n) is 9.75. The number of anilines is 1. The van der Waals surface area contributed by atoms with E-state index in [1.54, 1.807) is 18.8 Å². The highest BCUT2D eigenvalue weighted by Crippen LogP contribution is 2.44. The standard InChI is InChI=1S/C31H31N5O5/c1-20(37)33-30-34-28-27(29(39)35-30)32-19-36(28)18-24(38)17-31(21-7-5-4-6-8-21,22-9-13-25(40-2)14-10-22)23-11-15-26(41-3)16-12-23/h4-16,19,24,38H,17-18H2,1-3H3,(H2,33,34,35,37,39). The number of aromatic amines is 1. The summed E-state index contributed by atoms with van der Waals surface area (Å²) in [7, 11) is 3.25. The van der Waals surface area contributed by atoms with Crippen molar-refractivity contribution >= 4 is 23.0 Å². The first kappa shape index (κ1) is 27.6. The van der Waals surface area contributed by atoms with Gasteiger partial charge in [0.1, 0.15) is 11.5 Å². The molecule has 0 aliphatic heterocycles. The van der Waals surface area contributed by atoms with E-state index < -0.39 is 17.1 Å². The van der Waals surface area contributed by atoms with Gasteiger partial charge in [0.25, 0.3) is 5.56 Å². The Kier molecular flexibility index (Phi) is 7.84. The van der Waals surface area contributed by atoms with Crippen LogP contribution in [0.2, 0.25) is 0 Å². The van der Waals surface area contributed by atoms with Crippen LogP contribution in [0, 0.1) is 0 Å². The van der Waals surface area contributed by atoms with Crippen LogP contribution < -0.4 is 20.3 Å². The summed E-state index contributed by atoms with van der Waals surface area (Å²) in [6.45, 7) is 1.43. The molecule has 0 radical (unpaired) electrons. The molecule has 1 amide bonds. The van der Waals surface area contributed by atoms with Gasteiger partial charge in [-0.2, -0.15) is 4.98 Å². The van der Waals surface area contributed by atoms with Crippen LogP contribution in [-0.2, 0) is 16.8 Å². The van der Waals surface area contributed by atoms with Crippen molar-refractivity contribution in [1.29, 1.82) is 0 Å². The monoisotopic (exact) mass is 553 g/mol. The summed E-state index contributed by atoms with van der Waals surface area (Å²) in [5.74, 6) is 1.09. The quantitative estimate of drug-likeness (QED) is 0.224. The van der Waals surface area contributed by atoms with Gasteiger partial charge in [-0.1, -0.05) is 54.6 Å². The molecule has 41 heavy (non-hydrogen) atoms. The molecule has 0 bridgehead atoms. The number of ether oxygens (including phenoxy) is 2. The Morgan fingerprint density at radius 3 is 2.05 bits per heavy atom. The van der Waals surface area contributed by atoms with Crippen molar-refractivity contribution in [3.63, 3.8) is 0 Å². The van der Waals surface area contributed by atoms with Gasteiger partial charge in [0.15, 0.2) is 11.2 Å². The molecule has 5 rings (SSSR count). The maximum atomic E-state index is 12.6. The molecular weight excluding hydrogens is 522 g/mol. The molecule has 2 heterocycles. The van der Waals surface area contributed by atoms with E-state index in [1.807, 2.05) is 66.7 Å². The van der Waals surface area contributed by atoms with Crippen molar-refractivity contribution in [3.05, 3.63) is 112 Å². The maximum absolute atomic E-state index is 12.6. The van der Waals surface area contributed by atoms with Gasteiger partial charge in [-0.15, -0.1) is 0 Å². The number of aliphatic hydroxyl groups excluding tert-OH is 1. The summed E-state index contributed by atoms with van der Waals surface area (Å²) in [6, 6.07) is 25.7. The van der Waals surface area contributed by atoms with Crippen LogP contribution in [0.25, 0.3) is 11.2 Å². The van der Waals surface area contributed by atoms with E-state index in [0.717, 1.165) is 28.2 Å². The number of aliphatic hydroxyl groups is 1. The van der Waals surface area contributed by atoms with Crippen molar-refractivity contribution in [3.8, 4) is 11.5 Å². The van der Waals surface area contributed by atoms with Crippen LogP contribution in [0.5, 0.6) is 11.5 Å². The van der Waals surface area contributed by atoms with E-state index in [2.05, 4.69) is 32.4 Å². The number of carbonyl (C=O) groups excluding carboxylic acids is 1. The third-order valence-electron chi connectivity index (χ3n) is 7.15. The third kappa shape index (κ3) is 5.55. The number of nitrogens with zero attached hydrogens (tertiary/aromatic N) is 3. The van der Waals surface area contributed by atoms with Gasteiger partial charge in [0.2, 0.25) is 11.9 Å². The average Bonchev–Trinajstić information content (AvgIpc) is 3.39. The van der Waals surface area contributed by atoms with Crippen LogP contribution >= 0.6 is 0 Å². The zero-order valence-corrected chi connectivity index (χ0v) is 23.0. The van der Waals surface area contributed by atoms with E-state index in [0.29, 0.717) is 0 Å². The van der Waals surface area contributed by atoms with Crippen molar-refractivity contribution in [1.82, 2.24) is 19.5 Å². The SMILES string of the molecule is COc1ccc(C(CC(O)Cn2cnc3c(=O)[nH]c(NC(C)=O)nc32)(c2ccccc2)c2ccc(OC)cc2)cc1. The number of rotatable bonds is 10. The Morgan fingerprint density at radius 1 is 0.951 bits per heavy atom. The van der Waals surface area contributed by atoms with Crippen molar-refractivity contribution in [2.24, 2.45) is 0 Å². The number of hydrogen-bond acceptors (Lipinski definition) is 7. The van der Waals surface area contributed by atoms with Crippen molar-refractivity contribution < 1.29 is 19.4 Å². The molecule has 0 saturated heterocycles. The number of benzene rings is 3. The lowest BCUT2D eigenvalue weighted by molar-refractivity contribution is -0.114. The largest absolute Gasteiger partial charge is 0.497 e. The topological polar surface area (TPSA) is 131 Å². The fourth-order valence-corrected chi connectivity index (χ4v) is 5.29. The van der Waals surface area contributed by atoms with Gasteiger partial charge in [-0.25, -0.2) is 4.98 Å². The van der Waals surface area contributed by atoms with Crippen molar-refractivity contribution in [2.75, 3.05) is 19.5 Å². The number of imidazole rings is 1. The smallest absolute Gasteiger partial charge is 0.280 e. The lowest BCUT2D eigenvalue weighted by Gasteiger charge is -2.38. The zero-order valence-electron chi connectivity index (χ0n) is 23.0. The predicted molar refractivity (Wildman–Crippen MR) is 155 cm³/mol. The molecule has 10 heteroatoms. The number of fused-ring (bicyclic) bond motifs is 1. The van der Waals surface area contributed by atoms with Crippen LogP contribution in [0.4, 0.5) is 5.95 Å². The number of carbonyl (C=O) groups is 1. The molecule has 2 aromatic heterocycles. The number of methoxy groups -OCH3 is 2. The minimum atomic E-state index is -0.901. The zero-order chi connectivity index (χ0) is 29.0. The minimum absolute atomic E-state index is 0.0151. The van der Waals surface area contributed by atoms with E-state index in [-0.39, 0.29) is 36.0 Å². The summed E-state index contributed by atoms with van der Waals surface area (Å²) in [4.78, 5) is 35.2. The molecule has 3 N–H and O–H groups in total. The van der Waals surface area contributed by atoms with Gasteiger partial charge in [0, 0.05) is 12.3 Å². The van der Waals surface area contributed by atoms with E-state index in [4.69, 9.17) is 9.47 Å². The fraction of sp³-hybridized carbons (Fsp3) is 0.226. The van der Waals surface area contributed by atoms with Gasteiger partial charge in [-0.05, 0) is 47.4 Å². The number of nitrogens with one attached hydrogen (secondary N) is 2. The first-order valence-electron chi connectivity index (χ1n) is 13.1. The molecular formula is C31H31N5O5. The normalized spacial score (nSPS) is 12.2. The summed E-state index contributed by atoms with van der Waals surface area (Å²) in [5, 5.41) is 14.2. The Balaban J connectivity index is 1.61. The van der Waals surface area contributed by atoms with E-state index in [9.17, 15) is 14.7 Å². The Morgan fingerprint density at radius 2 is 1.51 bits per heavy atom. The molecule has 1 unspecified atom stereocenters. The van der Waals surface area contributed by atoms with Crippen LogP contribution in [-0.4, -0.2) is 50.9 Å². The van der Waals surface area contributed by atoms with E-state index in [1.165, 1.54) is 13.3 Å². The maximum Gasteiger partial charge on any atom is 0.280 e. The average molecular weight is 554 g/mol. The summed E-state index contributed by atoms with van der Waals surface area (Å²) < 4.78 is 12.5. The molecule has 3 aromatic carbocycles. The first-order valence-corrected chi connectivity index (χ1v) is 13.1. The number of H-pyrrole nitrogens is 1. The van der Waals surface area contributed by atoms with Crippen LogP contribution in [0.1, 0.15) is 30.0 Å². The Bertz CT molecular complexity index is 1650. The lowest BCUT2D eigenvalue weighted by atomic mass is 9.66.